The molecule has 26 heavy (non-hydrogen) atoms. The van der Waals surface area contributed by atoms with Crippen molar-refractivity contribution in [1.29, 1.82) is 0 Å². The lowest BCUT2D eigenvalue weighted by molar-refractivity contribution is -0.141. The molecule has 0 aliphatic rings. The van der Waals surface area contributed by atoms with E-state index in [1.165, 1.54) is 23.5 Å². The van der Waals surface area contributed by atoms with Crippen molar-refractivity contribution >= 4 is 29.1 Å². The van der Waals surface area contributed by atoms with Gasteiger partial charge in [-0.15, -0.1) is 11.3 Å². The number of carboxylic acids is 1. The fourth-order valence-corrected chi connectivity index (χ4v) is 3.58. The molecule has 9 heteroatoms. The molecule has 1 N–H and O–H groups in total. The quantitative estimate of drug-likeness (QED) is 0.474. The van der Waals surface area contributed by atoms with Crippen LogP contribution in [0.4, 0.5) is 13.2 Å². The van der Waals surface area contributed by atoms with E-state index in [4.69, 9.17) is 5.11 Å². The molecule has 0 bridgehead atoms. The molecule has 4 nitrogen and oxygen atoms in total. The molecular formula is C17H11F3N2O2S2. The van der Waals surface area contributed by atoms with Gasteiger partial charge >= 0.3 is 12.1 Å². The van der Waals surface area contributed by atoms with Crippen LogP contribution in [0.25, 0.3) is 10.6 Å². The molecule has 2 heterocycles. The van der Waals surface area contributed by atoms with Crippen molar-refractivity contribution in [1.82, 2.24) is 9.97 Å². The molecule has 0 saturated heterocycles. The number of thioether (sulfide) groups is 1. The third-order valence-corrected chi connectivity index (χ3v) is 5.15. The summed E-state index contributed by atoms with van der Waals surface area (Å²) in [5, 5.41) is 10.7. The standard InChI is InChI=1S/C17H11F3N2O2S2/c18-17(19,20)14-8-12(13-2-1-7-25-13)21-16(22-14)26-9-10-3-5-11(6-4-10)15(23)24/h1-8H,9H2,(H,23,24). The van der Waals surface area contributed by atoms with Gasteiger partial charge in [-0.3, -0.25) is 0 Å². The summed E-state index contributed by atoms with van der Waals surface area (Å²) in [5.41, 5.74) is 0.151. The summed E-state index contributed by atoms with van der Waals surface area (Å²) in [7, 11) is 0. The lowest BCUT2D eigenvalue weighted by Gasteiger charge is -2.09. The average molecular weight is 396 g/mol. The fourth-order valence-electron chi connectivity index (χ4n) is 2.08. The van der Waals surface area contributed by atoms with E-state index in [0.29, 0.717) is 10.6 Å². The summed E-state index contributed by atoms with van der Waals surface area (Å²) in [6, 6.07) is 10.5. The van der Waals surface area contributed by atoms with Crippen LogP contribution in [0.1, 0.15) is 21.6 Å². The number of aromatic nitrogens is 2. The van der Waals surface area contributed by atoms with Crippen LogP contribution in [0.15, 0.2) is 53.0 Å². The third-order valence-electron chi connectivity index (χ3n) is 3.34. The molecule has 1 aromatic carbocycles. The van der Waals surface area contributed by atoms with Crippen molar-refractivity contribution in [3.05, 3.63) is 64.7 Å². The maximum atomic E-state index is 13.1. The highest BCUT2D eigenvalue weighted by Crippen LogP contribution is 2.33. The minimum Gasteiger partial charge on any atom is -0.478 e. The van der Waals surface area contributed by atoms with E-state index in [9.17, 15) is 18.0 Å². The molecule has 0 radical (unpaired) electrons. The van der Waals surface area contributed by atoms with E-state index in [-0.39, 0.29) is 16.4 Å². The van der Waals surface area contributed by atoms with Crippen LogP contribution < -0.4 is 0 Å². The van der Waals surface area contributed by atoms with Crippen LogP contribution in [0.2, 0.25) is 0 Å². The number of carboxylic acid groups (broad SMARTS) is 1. The van der Waals surface area contributed by atoms with Crippen LogP contribution in [0, 0.1) is 0 Å². The van der Waals surface area contributed by atoms with Crippen molar-refractivity contribution in [2.24, 2.45) is 0 Å². The van der Waals surface area contributed by atoms with Gasteiger partial charge in [-0.05, 0) is 35.2 Å². The monoisotopic (exact) mass is 396 g/mol. The summed E-state index contributed by atoms with van der Waals surface area (Å²) in [6.45, 7) is 0. The molecule has 0 aliphatic carbocycles. The Labute approximate surface area is 154 Å². The predicted molar refractivity (Wildman–Crippen MR) is 93.3 cm³/mol. The Morgan fingerprint density at radius 2 is 1.88 bits per heavy atom. The van der Waals surface area contributed by atoms with Crippen molar-refractivity contribution in [2.45, 2.75) is 17.1 Å². The van der Waals surface area contributed by atoms with Crippen molar-refractivity contribution in [3.8, 4) is 10.6 Å². The number of aromatic carboxylic acids is 1. The van der Waals surface area contributed by atoms with Gasteiger partial charge in [0.25, 0.3) is 0 Å². The van der Waals surface area contributed by atoms with E-state index in [0.717, 1.165) is 23.4 Å². The molecule has 0 amide bonds. The van der Waals surface area contributed by atoms with Gasteiger partial charge in [-0.2, -0.15) is 13.2 Å². The maximum absolute atomic E-state index is 13.1. The Morgan fingerprint density at radius 3 is 2.46 bits per heavy atom. The Balaban J connectivity index is 1.84. The number of thiophene rings is 1. The summed E-state index contributed by atoms with van der Waals surface area (Å²) < 4.78 is 39.4. The second-order valence-corrected chi connectivity index (χ2v) is 7.08. The van der Waals surface area contributed by atoms with Crippen LogP contribution in [0.5, 0.6) is 0 Å². The maximum Gasteiger partial charge on any atom is 0.433 e. The average Bonchev–Trinajstić information content (AvgIpc) is 3.14. The van der Waals surface area contributed by atoms with Gasteiger partial charge in [0.2, 0.25) is 0 Å². The summed E-state index contributed by atoms with van der Waals surface area (Å²) in [4.78, 5) is 19.3. The Kier molecular flexibility index (Phi) is 5.28. The first-order valence-corrected chi connectivity index (χ1v) is 9.14. The van der Waals surface area contributed by atoms with Gasteiger partial charge in [0, 0.05) is 5.75 Å². The Bertz CT molecular complexity index is 911. The topological polar surface area (TPSA) is 63.1 Å². The van der Waals surface area contributed by atoms with Gasteiger partial charge in [-0.25, -0.2) is 14.8 Å². The van der Waals surface area contributed by atoms with Crippen LogP contribution in [0.3, 0.4) is 0 Å². The highest BCUT2D eigenvalue weighted by atomic mass is 32.2. The number of halogens is 3. The van der Waals surface area contributed by atoms with E-state index >= 15 is 0 Å². The number of nitrogens with zero attached hydrogens (tertiary/aromatic N) is 2. The van der Waals surface area contributed by atoms with E-state index in [1.54, 1.807) is 29.6 Å². The van der Waals surface area contributed by atoms with Gasteiger partial charge in [0.15, 0.2) is 5.16 Å². The van der Waals surface area contributed by atoms with E-state index in [2.05, 4.69) is 9.97 Å². The highest BCUT2D eigenvalue weighted by molar-refractivity contribution is 7.98. The highest BCUT2D eigenvalue weighted by Gasteiger charge is 2.34. The molecule has 0 unspecified atom stereocenters. The largest absolute Gasteiger partial charge is 0.478 e. The van der Waals surface area contributed by atoms with Gasteiger partial charge < -0.3 is 5.11 Å². The SMILES string of the molecule is O=C(O)c1ccc(CSc2nc(-c3cccs3)cc(C(F)(F)F)n2)cc1. The minimum absolute atomic E-state index is 0.0190. The first-order valence-electron chi connectivity index (χ1n) is 7.28. The smallest absolute Gasteiger partial charge is 0.433 e. The second-order valence-electron chi connectivity index (χ2n) is 5.19. The molecule has 0 saturated carbocycles. The first kappa shape index (κ1) is 18.4. The summed E-state index contributed by atoms with van der Waals surface area (Å²) in [6.07, 6.45) is -4.56. The molecule has 0 spiro atoms. The first-order chi connectivity index (χ1) is 12.3. The van der Waals surface area contributed by atoms with Gasteiger partial charge in [-0.1, -0.05) is 30.0 Å². The normalized spacial score (nSPS) is 11.5. The molecule has 3 rings (SSSR count). The zero-order valence-electron chi connectivity index (χ0n) is 13.0. The van der Waals surface area contributed by atoms with Crippen molar-refractivity contribution in [3.63, 3.8) is 0 Å². The molecule has 3 aromatic rings. The number of hydrogen-bond donors (Lipinski definition) is 1. The second kappa shape index (κ2) is 7.46. The van der Waals surface area contributed by atoms with E-state index in [1.807, 2.05) is 0 Å². The summed E-state index contributed by atoms with van der Waals surface area (Å²) in [5.74, 6) is -0.712. The molecule has 134 valence electrons. The number of hydrogen-bond acceptors (Lipinski definition) is 5. The lowest BCUT2D eigenvalue weighted by Crippen LogP contribution is -2.10. The van der Waals surface area contributed by atoms with Crippen LogP contribution >= 0.6 is 23.1 Å². The Morgan fingerprint density at radius 1 is 1.15 bits per heavy atom. The Hall–Kier alpha value is -2.39. The van der Waals surface area contributed by atoms with Gasteiger partial charge in [0.05, 0.1) is 16.1 Å². The number of benzene rings is 1. The number of alkyl halides is 3. The predicted octanol–water partition coefficient (Wildman–Crippen LogP) is 5.21. The van der Waals surface area contributed by atoms with Crippen molar-refractivity contribution < 1.29 is 23.1 Å². The van der Waals surface area contributed by atoms with E-state index < -0.39 is 17.8 Å². The molecule has 0 aliphatic heterocycles. The minimum atomic E-state index is -4.56. The third kappa shape index (κ3) is 4.41. The molecular weight excluding hydrogens is 385 g/mol. The zero-order valence-corrected chi connectivity index (χ0v) is 14.7. The zero-order chi connectivity index (χ0) is 18.7. The number of carbonyl (C=O) groups is 1. The molecule has 0 fully saturated rings. The van der Waals surface area contributed by atoms with Gasteiger partial charge in [0.1, 0.15) is 5.69 Å². The number of rotatable bonds is 5. The van der Waals surface area contributed by atoms with Crippen LogP contribution in [-0.2, 0) is 11.9 Å². The fraction of sp³-hybridized carbons (Fsp3) is 0.118. The van der Waals surface area contributed by atoms with Crippen molar-refractivity contribution in [2.75, 3.05) is 0 Å². The molecule has 0 atom stereocenters. The lowest BCUT2D eigenvalue weighted by atomic mass is 10.1. The molecule has 2 aromatic heterocycles. The summed E-state index contributed by atoms with van der Waals surface area (Å²) >= 11 is 2.36. The van der Waals surface area contributed by atoms with Crippen LogP contribution in [-0.4, -0.2) is 21.0 Å².